The Morgan fingerprint density at radius 2 is 1.69 bits per heavy atom. The molecule has 0 atom stereocenters. The number of rotatable bonds is 6. The molecule has 0 aliphatic carbocycles. The highest BCUT2D eigenvalue weighted by Gasteiger charge is 2.42. The summed E-state index contributed by atoms with van der Waals surface area (Å²) in [6.45, 7) is 4.89. The number of ether oxygens (including phenoxy) is 2. The molecule has 4 rings (SSSR count). The van der Waals surface area contributed by atoms with Crippen molar-refractivity contribution in [2.24, 2.45) is 5.41 Å². The van der Waals surface area contributed by atoms with Crippen molar-refractivity contribution in [3.63, 3.8) is 0 Å². The molecule has 6 nitrogen and oxygen atoms in total. The fraction of sp³-hybridized carbons (Fsp3) is 0.481. The van der Waals surface area contributed by atoms with E-state index in [-0.39, 0.29) is 11.0 Å². The number of piperidine rings is 1. The maximum absolute atomic E-state index is 14.5. The number of halogens is 2. The standard InChI is InChI=1S/C27H33F2N3O3S/c1-18-4-6-20(28)23(24(18)29)25(33)31-13-9-27(10-14-31)11-15-32(17-27)26(36)30-12-8-19-5-7-21(34-2)22(16-19)35-3/h4-7,16H,8-15,17H2,1-3H3,(H,30,36). The fourth-order valence-corrected chi connectivity index (χ4v) is 5.43. The van der Waals surface area contributed by atoms with E-state index in [1.807, 2.05) is 18.2 Å². The van der Waals surface area contributed by atoms with E-state index < -0.39 is 23.1 Å². The first kappa shape index (κ1) is 26.1. The van der Waals surface area contributed by atoms with E-state index in [0.717, 1.165) is 55.5 Å². The van der Waals surface area contributed by atoms with Gasteiger partial charge in [0.1, 0.15) is 17.2 Å². The predicted octanol–water partition coefficient (Wildman–Crippen LogP) is 4.34. The number of benzene rings is 2. The zero-order valence-corrected chi connectivity index (χ0v) is 21.9. The highest BCUT2D eigenvalue weighted by Crippen LogP contribution is 2.41. The molecule has 2 aliphatic heterocycles. The number of carbonyl (C=O) groups excluding carboxylic acids is 1. The Balaban J connectivity index is 1.27. The van der Waals surface area contributed by atoms with Gasteiger partial charge in [-0.3, -0.25) is 4.79 Å². The van der Waals surface area contributed by atoms with Crippen LogP contribution >= 0.6 is 12.2 Å². The number of thiocarbonyl (C=S) groups is 1. The monoisotopic (exact) mass is 517 g/mol. The molecule has 2 aromatic carbocycles. The first-order chi connectivity index (χ1) is 17.3. The van der Waals surface area contributed by atoms with Crippen LogP contribution in [0.15, 0.2) is 30.3 Å². The van der Waals surface area contributed by atoms with Gasteiger partial charge in [-0.15, -0.1) is 0 Å². The zero-order valence-electron chi connectivity index (χ0n) is 21.0. The van der Waals surface area contributed by atoms with E-state index in [0.29, 0.717) is 31.1 Å². The number of hydrogen-bond acceptors (Lipinski definition) is 4. The molecule has 194 valence electrons. The molecule has 0 unspecified atom stereocenters. The van der Waals surface area contributed by atoms with Crippen molar-refractivity contribution in [1.82, 2.24) is 15.1 Å². The lowest BCUT2D eigenvalue weighted by Gasteiger charge is -2.39. The molecule has 0 aromatic heterocycles. The third-order valence-corrected chi connectivity index (χ3v) is 7.88. The molecule has 2 fully saturated rings. The average Bonchev–Trinajstić information content (AvgIpc) is 3.30. The molecule has 0 radical (unpaired) electrons. The number of nitrogens with one attached hydrogen (secondary N) is 1. The van der Waals surface area contributed by atoms with Crippen LogP contribution in [0.4, 0.5) is 8.78 Å². The first-order valence-corrected chi connectivity index (χ1v) is 12.7. The van der Waals surface area contributed by atoms with Gasteiger partial charge in [0.25, 0.3) is 5.91 Å². The Bertz CT molecular complexity index is 1140. The largest absolute Gasteiger partial charge is 0.493 e. The molecular weight excluding hydrogens is 484 g/mol. The van der Waals surface area contributed by atoms with Crippen molar-refractivity contribution in [3.8, 4) is 11.5 Å². The molecule has 36 heavy (non-hydrogen) atoms. The predicted molar refractivity (Wildman–Crippen MR) is 139 cm³/mol. The summed E-state index contributed by atoms with van der Waals surface area (Å²) in [4.78, 5) is 16.6. The van der Waals surface area contributed by atoms with E-state index in [4.69, 9.17) is 21.7 Å². The van der Waals surface area contributed by atoms with Crippen molar-refractivity contribution < 1.29 is 23.0 Å². The van der Waals surface area contributed by atoms with E-state index in [9.17, 15) is 13.6 Å². The van der Waals surface area contributed by atoms with Crippen LogP contribution in [0.1, 0.15) is 40.7 Å². The second-order valence-corrected chi connectivity index (χ2v) is 10.1. The molecule has 2 aromatic rings. The van der Waals surface area contributed by atoms with Crippen LogP contribution in [0.5, 0.6) is 11.5 Å². The summed E-state index contributed by atoms with van der Waals surface area (Å²) in [5.41, 5.74) is 1.01. The number of methoxy groups -OCH3 is 2. The highest BCUT2D eigenvalue weighted by atomic mass is 32.1. The molecule has 9 heteroatoms. The minimum absolute atomic E-state index is 0.0650. The van der Waals surface area contributed by atoms with Crippen LogP contribution < -0.4 is 14.8 Å². The maximum atomic E-state index is 14.5. The molecule has 2 saturated heterocycles. The second-order valence-electron chi connectivity index (χ2n) is 9.69. The van der Waals surface area contributed by atoms with Gasteiger partial charge in [-0.05, 0) is 79.6 Å². The molecule has 1 spiro atoms. The van der Waals surface area contributed by atoms with E-state index in [1.54, 1.807) is 19.1 Å². The van der Waals surface area contributed by atoms with Crippen molar-refractivity contribution in [3.05, 3.63) is 58.7 Å². The van der Waals surface area contributed by atoms with Crippen LogP contribution in [0, 0.1) is 24.0 Å². The number of amides is 1. The van der Waals surface area contributed by atoms with Crippen LogP contribution in [0.3, 0.4) is 0 Å². The van der Waals surface area contributed by atoms with Crippen LogP contribution in [-0.4, -0.2) is 67.8 Å². The SMILES string of the molecule is COc1ccc(CCNC(=S)N2CCC3(CCN(C(=O)c4c(F)ccc(C)c4F)CC3)C2)cc1OC. The van der Waals surface area contributed by atoms with E-state index >= 15 is 0 Å². The van der Waals surface area contributed by atoms with Gasteiger partial charge in [-0.25, -0.2) is 8.78 Å². The number of nitrogens with zero attached hydrogens (tertiary/aromatic N) is 2. The first-order valence-electron chi connectivity index (χ1n) is 12.2. The van der Waals surface area contributed by atoms with Gasteiger partial charge in [0.2, 0.25) is 0 Å². The molecule has 2 heterocycles. The summed E-state index contributed by atoms with van der Waals surface area (Å²) >= 11 is 5.66. The van der Waals surface area contributed by atoms with Crippen molar-refractivity contribution in [2.75, 3.05) is 46.9 Å². The number of aryl methyl sites for hydroxylation is 1. The highest BCUT2D eigenvalue weighted by molar-refractivity contribution is 7.80. The Morgan fingerprint density at radius 1 is 1.03 bits per heavy atom. The minimum Gasteiger partial charge on any atom is -0.493 e. The molecule has 2 aliphatic rings. The number of likely N-dealkylation sites (tertiary alicyclic amines) is 2. The van der Waals surface area contributed by atoms with Gasteiger partial charge in [0.05, 0.1) is 14.2 Å². The molecule has 1 N–H and O–H groups in total. The van der Waals surface area contributed by atoms with Crippen LogP contribution in [0.2, 0.25) is 0 Å². The Kier molecular flexibility index (Phi) is 7.97. The third-order valence-electron chi connectivity index (χ3n) is 7.47. The maximum Gasteiger partial charge on any atom is 0.259 e. The van der Waals surface area contributed by atoms with Gasteiger partial charge >= 0.3 is 0 Å². The molecule has 0 saturated carbocycles. The van der Waals surface area contributed by atoms with E-state index in [2.05, 4.69) is 10.2 Å². The summed E-state index contributed by atoms with van der Waals surface area (Å²) in [6, 6.07) is 8.39. The van der Waals surface area contributed by atoms with Crippen LogP contribution in [0.25, 0.3) is 0 Å². The summed E-state index contributed by atoms with van der Waals surface area (Å²) < 4.78 is 39.3. The summed E-state index contributed by atoms with van der Waals surface area (Å²) in [7, 11) is 3.24. The second kappa shape index (κ2) is 11.0. The summed E-state index contributed by atoms with van der Waals surface area (Å²) in [5.74, 6) is -0.728. The van der Waals surface area contributed by atoms with Gasteiger partial charge in [-0.1, -0.05) is 12.1 Å². The zero-order chi connectivity index (χ0) is 25.9. The minimum atomic E-state index is -0.806. The molecular formula is C27H33F2N3O3S. The number of carbonyl (C=O) groups is 1. The summed E-state index contributed by atoms with van der Waals surface area (Å²) in [5, 5.41) is 4.10. The number of hydrogen-bond donors (Lipinski definition) is 1. The normalized spacial score (nSPS) is 16.8. The van der Waals surface area contributed by atoms with Crippen LogP contribution in [-0.2, 0) is 6.42 Å². The Hall–Kier alpha value is -2.94. The fourth-order valence-electron chi connectivity index (χ4n) is 5.17. The third kappa shape index (κ3) is 5.40. The van der Waals surface area contributed by atoms with Crippen molar-refractivity contribution >= 4 is 23.2 Å². The Morgan fingerprint density at radius 3 is 2.36 bits per heavy atom. The smallest absolute Gasteiger partial charge is 0.259 e. The summed E-state index contributed by atoms with van der Waals surface area (Å²) in [6.07, 6.45) is 3.36. The van der Waals surface area contributed by atoms with Crippen molar-refractivity contribution in [1.29, 1.82) is 0 Å². The van der Waals surface area contributed by atoms with Crippen molar-refractivity contribution in [2.45, 2.75) is 32.6 Å². The quantitative estimate of drug-likeness (QED) is 0.576. The Labute approximate surface area is 216 Å². The van der Waals surface area contributed by atoms with E-state index in [1.165, 1.54) is 13.0 Å². The average molecular weight is 518 g/mol. The lowest BCUT2D eigenvalue weighted by atomic mass is 9.77. The molecule has 1 amide bonds. The van der Waals surface area contributed by atoms with Gasteiger partial charge in [-0.2, -0.15) is 0 Å². The van der Waals surface area contributed by atoms with Gasteiger partial charge < -0.3 is 24.6 Å². The lowest BCUT2D eigenvalue weighted by Crippen LogP contribution is -2.46. The lowest BCUT2D eigenvalue weighted by molar-refractivity contribution is 0.0589. The van der Waals surface area contributed by atoms with Gasteiger partial charge in [0, 0.05) is 32.7 Å². The van der Waals surface area contributed by atoms with Gasteiger partial charge in [0.15, 0.2) is 16.6 Å². The molecule has 0 bridgehead atoms. The topological polar surface area (TPSA) is 54.0 Å².